The van der Waals surface area contributed by atoms with Crippen LogP contribution in [0.3, 0.4) is 0 Å². The molecule has 1 heterocycles. The molecule has 3 unspecified atom stereocenters. The van der Waals surface area contributed by atoms with E-state index in [4.69, 9.17) is 9.47 Å². The molecule has 0 aliphatic carbocycles. The van der Waals surface area contributed by atoms with E-state index in [1.807, 2.05) is 26.0 Å². The first-order valence-electron chi connectivity index (χ1n) is 6.78. The number of benzene rings is 1. The zero-order chi connectivity index (χ0) is 14.7. The number of carbonyl (C=O) groups excluding carboxylic acids is 1. The van der Waals surface area contributed by atoms with Crippen LogP contribution >= 0.6 is 0 Å². The molecule has 4 heteroatoms. The van der Waals surface area contributed by atoms with Crippen molar-refractivity contribution in [3.8, 4) is 11.8 Å². The predicted octanol–water partition coefficient (Wildman–Crippen LogP) is 2.60. The van der Waals surface area contributed by atoms with E-state index in [1.54, 1.807) is 13.2 Å². The molecule has 3 atom stereocenters. The van der Waals surface area contributed by atoms with Crippen molar-refractivity contribution in [3.63, 3.8) is 0 Å². The lowest BCUT2D eigenvalue weighted by Crippen LogP contribution is -2.30. The third kappa shape index (κ3) is 2.68. The van der Waals surface area contributed by atoms with Crippen LogP contribution in [0.25, 0.3) is 0 Å². The van der Waals surface area contributed by atoms with Crippen LogP contribution in [0.5, 0.6) is 5.75 Å². The topological polar surface area (TPSA) is 59.3 Å². The summed E-state index contributed by atoms with van der Waals surface area (Å²) >= 11 is 0. The molecule has 1 saturated heterocycles. The molecule has 0 saturated carbocycles. The van der Waals surface area contributed by atoms with Gasteiger partial charge in [-0.25, -0.2) is 0 Å². The lowest BCUT2D eigenvalue weighted by Gasteiger charge is -2.17. The van der Waals surface area contributed by atoms with Gasteiger partial charge in [0, 0.05) is 6.61 Å². The molecule has 0 bridgehead atoms. The van der Waals surface area contributed by atoms with Crippen LogP contribution in [-0.4, -0.2) is 25.6 Å². The van der Waals surface area contributed by atoms with Gasteiger partial charge in [-0.1, -0.05) is 19.1 Å². The van der Waals surface area contributed by atoms with Crippen LogP contribution in [0.1, 0.15) is 30.4 Å². The van der Waals surface area contributed by atoms with Gasteiger partial charge >= 0.3 is 0 Å². The van der Waals surface area contributed by atoms with Crippen LogP contribution < -0.4 is 4.74 Å². The molecule has 1 aliphatic heterocycles. The average molecular weight is 273 g/mol. The maximum atomic E-state index is 12.5. The second-order valence-electron chi connectivity index (χ2n) is 5.25. The SMILES string of the molecule is COc1cc(C(C#N)C(=O)C2OCCC2C)ccc1C. The van der Waals surface area contributed by atoms with Crippen molar-refractivity contribution < 1.29 is 14.3 Å². The van der Waals surface area contributed by atoms with Crippen molar-refractivity contribution in [2.24, 2.45) is 5.92 Å². The number of rotatable bonds is 4. The number of ether oxygens (including phenoxy) is 2. The van der Waals surface area contributed by atoms with Crippen LogP contribution in [-0.2, 0) is 9.53 Å². The zero-order valence-corrected chi connectivity index (χ0v) is 12.1. The fourth-order valence-electron chi connectivity index (χ4n) is 2.54. The third-order valence-corrected chi connectivity index (χ3v) is 3.85. The van der Waals surface area contributed by atoms with Crippen LogP contribution in [0.15, 0.2) is 18.2 Å². The molecule has 1 aromatic rings. The lowest BCUT2D eigenvalue weighted by molar-refractivity contribution is -0.129. The van der Waals surface area contributed by atoms with Gasteiger partial charge in [0.15, 0.2) is 5.78 Å². The van der Waals surface area contributed by atoms with Gasteiger partial charge in [-0.15, -0.1) is 0 Å². The smallest absolute Gasteiger partial charge is 0.183 e. The molecule has 0 amide bonds. The van der Waals surface area contributed by atoms with Gasteiger partial charge in [-0.05, 0) is 36.5 Å². The predicted molar refractivity (Wildman–Crippen MR) is 74.6 cm³/mol. The number of Topliss-reactive ketones (excluding diaryl/α,β-unsaturated/α-hetero) is 1. The molecule has 1 aliphatic rings. The number of ketones is 1. The number of hydrogen-bond acceptors (Lipinski definition) is 4. The maximum absolute atomic E-state index is 12.5. The van der Waals surface area contributed by atoms with E-state index in [1.165, 1.54) is 0 Å². The summed E-state index contributed by atoms with van der Waals surface area (Å²) in [5.41, 5.74) is 1.65. The van der Waals surface area contributed by atoms with Gasteiger partial charge < -0.3 is 9.47 Å². The average Bonchev–Trinajstić information content (AvgIpc) is 2.87. The van der Waals surface area contributed by atoms with Crippen molar-refractivity contribution >= 4 is 5.78 Å². The largest absolute Gasteiger partial charge is 0.496 e. The highest BCUT2D eigenvalue weighted by atomic mass is 16.5. The van der Waals surface area contributed by atoms with Crippen LogP contribution in [0, 0.1) is 24.2 Å². The number of aryl methyl sites for hydroxylation is 1. The van der Waals surface area contributed by atoms with Crippen molar-refractivity contribution in [1.29, 1.82) is 5.26 Å². The van der Waals surface area contributed by atoms with Gasteiger partial charge in [0.05, 0.1) is 13.2 Å². The first-order valence-corrected chi connectivity index (χ1v) is 6.78. The number of nitrogens with zero attached hydrogens (tertiary/aromatic N) is 1. The summed E-state index contributed by atoms with van der Waals surface area (Å²) in [7, 11) is 1.58. The highest BCUT2D eigenvalue weighted by Crippen LogP contribution is 2.30. The Kier molecular flexibility index (Phi) is 4.41. The van der Waals surface area contributed by atoms with Gasteiger partial charge in [-0.3, -0.25) is 4.79 Å². The van der Waals surface area contributed by atoms with Crippen molar-refractivity contribution in [1.82, 2.24) is 0 Å². The summed E-state index contributed by atoms with van der Waals surface area (Å²) in [6, 6.07) is 7.54. The number of nitriles is 1. The monoisotopic (exact) mass is 273 g/mol. The molecular weight excluding hydrogens is 254 g/mol. The second-order valence-corrected chi connectivity index (χ2v) is 5.25. The van der Waals surface area contributed by atoms with E-state index in [2.05, 4.69) is 6.07 Å². The second kappa shape index (κ2) is 6.06. The molecule has 1 fully saturated rings. The maximum Gasteiger partial charge on any atom is 0.183 e. The summed E-state index contributed by atoms with van der Waals surface area (Å²) in [6.45, 7) is 4.50. The lowest BCUT2D eigenvalue weighted by atomic mass is 9.88. The van der Waals surface area contributed by atoms with Crippen molar-refractivity contribution in [2.45, 2.75) is 32.3 Å². The molecule has 0 spiro atoms. The highest BCUT2D eigenvalue weighted by molar-refractivity contribution is 5.92. The first-order chi connectivity index (χ1) is 9.58. The normalized spacial score (nSPS) is 23.1. The number of carbonyl (C=O) groups is 1. The molecule has 2 rings (SSSR count). The molecule has 0 radical (unpaired) electrons. The Morgan fingerprint density at radius 1 is 1.55 bits per heavy atom. The van der Waals surface area contributed by atoms with Crippen LogP contribution in [0.2, 0.25) is 0 Å². The van der Waals surface area contributed by atoms with E-state index in [-0.39, 0.29) is 11.7 Å². The summed E-state index contributed by atoms with van der Waals surface area (Å²) < 4.78 is 10.7. The van der Waals surface area contributed by atoms with E-state index in [9.17, 15) is 10.1 Å². The van der Waals surface area contributed by atoms with E-state index in [0.29, 0.717) is 17.9 Å². The summed E-state index contributed by atoms with van der Waals surface area (Å²) in [5, 5.41) is 9.36. The summed E-state index contributed by atoms with van der Waals surface area (Å²) in [5.74, 6) is -0.0833. The van der Waals surface area contributed by atoms with Crippen molar-refractivity contribution in [3.05, 3.63) is 29.3 Å². The Labute approximate surface area is 119 Å². The minimum Gasteiger partial charge on any atom is -0.496 e. The fourth-order valence-corrected chi connectivity index (χ4v) is 2.54. The Morgan fingerprint density at radius 3 is 2.85 bits per heavy atom. The fraction of sp³-hybridized carbons (Fsp3) is 0.500. The number of hydrogen-bond donors (Lipinski definition) is 0. The zero-order valence-electron chi connectivity index (χ0n) is 12.1. The summed E-state index contributed by atoms with van der Waals surface area (Å²) in [4.78, 5) is 12.5. The standard InChI is InChI=1S/C16H19NO3/c1-10-4-5-12(8-14(10)19-3)13(9-17)15(18)16-11(2)6-7-20-16/h4-5,8,11,13,16H,6-7H2,1-3H3. The van der Waals surface area contributed by atoms with Gasteiger partial charge in [0.2, 0.25) is 0 Å². The molecule has 4 nitrogen and oxygen atoms in total. The number of methoxy groups -OCH3 is 1. The molecule has 106 valence electrons. The Hall–Kier alpha value is -1.86. The van der Waals surface area contributed by atoms with E-state index in [0.717, 1.165) is 12.0 Å². The molecule has 20 heavy (non-hydrogen) atoms. The highest BCUT2D eigenvalue weighted by Gasteiger charge is 2.36. The molecule has 1 aromatic carbocycles. The van der Waals surface area contributed by atoms with E-state index < -0.39 is 12.0 Å². The Morgan fingerprint density at radius 2 is 2.30 bits per heavy atom. The van der Waals surface area contributed by atoms with Crippen LogP contribution in [0.4, 0.5) is 0 Å². The Balaban J connectivity index is 2.28. The third-order valence-electron chi connectivity index (χ3n) is 3.85. The molecule has 0 aromatic heterocycles. The quantitative estimate of drug-likeness (QED) is 0.846. The summed E-state index contributed by atoms with van der Waals surface area (Å²) in [6.07, 6.45) is 0.401. The van der Waals surface area contributed by atoms with Crippen molar-refractivity contribution in [2.75, 3.05) is 13.7 Å². The van der Waals surface area contributed by atoms with Gasteiger partial charge in [0.25, 0.3) is 0 Å². The van der Waals surface area contributed by atoms with E-state index >= 15 is 0 Å². The van der Waals surface area contributed by atoms with Gasteiger partial charge in [0.1, 0.15) is 17.8 Å². The van der Waals surface area contributed by atoms with Gasteiger partial charge in [-0.2, -0.15) is 5.26 Å². The Bertz CT molecular complexity index is 547. The first kappa shape index (κ1) is 14.5. The molecule has 0 N–H and O–H groups in total. The molecular formula is C16H19NO3. The minimum absolute atomic E-state index is 0.150. The minimum atomic E-state index is -0.796.